The van der Waals surface area contributed by atoms with E-state index in [0.717, 1.165) is 0 Å². The maximum Gasteiger partial charge on any atom is 0.0911 e. The summed E-state index contributed by atoms with van der Waals surface area (Å²) in [5.74, 6) is 0. The predicted octanol–water partition coefficient (Wildman–Crippen LogP) is 4.41. The first-order valence-corrected chi connectivity index (χ1v) is 20.1. The summed E-state index contributed by atoms with van der Waals surface area (Å²) >= 11 is 0. The second-order valence-corrected chi connectivity index (χ2v) is 16.2. The van der Waals surface area contributed by atoms with Gasteiger partial charge in [0.05, 0.1) is 54.4 Å². The number of quaternary nitrogens is 2. The van der Waals surface area contributed by atoms with Crippen molar-refractivity contribution in [3.05, 3.63) is 0 Å². The third-order valence-corrected chi connectivity index (χ3v) is 10.3. The van der Waals surface area contributed by atoms with Crippen LogP contribution in [0.1, 0.15) is 168 Å². The molecule has 0 unspecified atom stereocenters. The van der Waals surface area contributed by atoms with Gasteiger partial charge in [0.1, 0.15) is 0 Å². The zero-order valence-corrected chi connectivity index (χ0v) is 36.3. The maximum absolute atomic E-state index is 2.56. The van der Waals surface area contributed by atoms with Crippen LogP contribution in [0.2, 0.25) is 0 Å². The molecule has 0 rings (SSSR count). The second kappa shape index (κ2) is 35.6. The number of hydrogen-bond donors (Lipinski definition) is 0. The van der Waals surface area contributed by atoms with Crippen LogP contribution in [-0.2, 0) is 0 Å². The summed E-state index contributed by atoms with van der Waals surface area (Å²) in [7, 11) is 14.4. The second-order valence-electron chi connectivity index (χ2n) is 16.2. The molecule has 0 aliphatic heterocycles. The Morgan fingerprint density at radius 1 is 0.304 bits per heavy atom. The zero-order chi connectivity index (χ0) is 32.8. The van der Waals surface area contributed by atoms with Gasteiger partial charge < -0.3 is 42.9 Å². The lowest BCUT2D eigenvalue weighted by Crippen LogP contribution is -3.00. The fourth-order valence-corrected chi connectivity index (χ4v) is 6.43. The Kier molecular flexibility index (Phi) is 39.6. The summed E-state index contributed by atoms with van der Waals surface area (Å²) < 4.78 is 2.34. The minimum atomic E-state index is 0. The van der Waals surface area contributed by atoms with Gasteiger partial charge in [-0.25, -0.2) is 0 Å². The molecular weight excluding hydrogens is 696 g/mol. The van der Waals surface area contributed by atoms with E-state index in [0.29, 0.717) is 0 Å². The summed E-state index contributed by atoms with van der Waals surface area (Å²) in [6.07, 6.45) is 34.5. The van der Waals surface area contributed by atoms with E-state index in [-0.39, 0.29) is 34.0 Å². The molecule has 0 bridgehead atoms. The fraction of sp³-hybridized carbons (Fsp3) is 1.00. The lowest BCUT2D eigenvalue weighted by Gasteiger charge is -2.33. The smallest absolute Gasteiger partial charge is 0.0911 e. The highest BCUT2D eigenvalue weighted by Gasteiger charge is 2.17. The molecule has 0 radical (unpaired) electrons. The predicted molar refractivity (Wildman–Crippen MR) is 201 cm³/mol. The van der Waals surface area contributed by atoms with Gasteiger partial charge >= 0.3 is 0 Å². The Labute approximate surface area is 313 Å². The molecule has 6 heteroatoms. The topological polar surface area (TPSA) is 6.48 Å². The number of nitrogens with zero attached hydrogens (tertiary/aromatic N) is 4. The fourth-order valence-electron chi connectivity index (χ4n) is 6.43. The van der Waals surface area contributed by atoms with Crippen LogP contribution in [0.5, 0.6) is 0 Å². The van der Waals surface area contributed by atoms with Gasteiger partial charge in [-0.1, -0.05) is 142 Å². The molecular formula is C40H88Br2N4. The molecule has 46 heavy (non-hydrogen) atoms. The van der Waals surface area contributed by atoms with Crippen molar-refractivity contribution in [3.8, 4) is 0 Å². The first-order valence-electron chi connectivity index (χ1n) is 20.1. The van der Waals surface area contributed by atoms with Crippen LogP contribution in [0.15, 0.2) is 0 Å². The highest BCUT2D eigenvalue weighted by Crippen LogP contribution is 2.14. The van der Waals surface area contributed by atoms with Gasteiger partial charge in [-0.2, -0.15) is 0 Å². The van der Waals surface area contributed by atoms with E-state index in [1.807, 2.05) is 0 Å². The molecule has 0 N–H and O–H groups in total. The first kappa shape index (κ1) is 51.2. The van der Waals surface area contributed by atoms with Crippen LogP contribution in [0.25, 0.3) is 0 Å². The van der Waals surface area contributed by atoms with Gasteiger partial charge in [-0.15, -0.1) is 0 Å². The number of unbranched alkanes of at least 4 members (excludes halogenated alkanes) is 22. The van der Waals surface area contributed by atoms with Crippen LogP contribution in [-0.4, -0.2) is 113 Å². The highest BCUT2D eigenvalue weighted by molar-refractivity contribution is 4.58. The Bertz CT molecular complexity index is 538. The maximum atomic E-state index is 2.56. The highest BCUT2D eigenvalue weighted by atomic mass is 79.9. The lowest BCUT2D eigenvalue weighted by molar-refractivity contribution is -0.890. The minimum absolute atomic E-state index is 0. The van der Waals surface area contributed by atoms with Gasteiger partial charge in [-0.05, 0) is 39.8 Å². The van der Waals surface area contributed by atoms with Crippen molar-refractivity contribution in [1.29, 1.82) is 0 Å². The molecule has 0 amide bonds. The van der Waals surface area contributed by atoms with Crippen molar-refractivity contribution in [1.82, 2.24) is 9.80 Å². The van der Waals surface area contributed by atoms with E-state index in [1.54, 1.807) is 0 Å². The van der Waals surface area contributed by atoms with E-state index in [2.05, 4.69) is 65.9 Å². The molecule has 0 heterocycles. The van der Waals surface area contributed by atoms with Gasteiger partial charge in [0.15, 0.2) is 0 Å². The quantitative estimate of drug-likeness (QED) is 0.0695. The molecule has 282 valence electrons. The van der Waals surface area contributed by atoms with Gasteiger partial charge in [-0.3, -0.25) is 9.80 Å². The van der Waals surface area contributed by atoms with Crippen molar-refractivity contribution in [2.75, 3.05) is 94.6 Å². The third kappa shape index (κ3) is 37.6. The number of rotatable bonds is 35. The molecule has 0 spiro atoms. The van der Waals surface area contributed by atoms with E-state index in [1.165, 1.54) is 215 Å². The monoisotopic (exact) mass is 783 g/mol. The number of likely N-dealkylation sites (N-methyl/N-ethyl adjacent to an activating group) is 4. The molecule has 0 aromatic rings. The summed E-state index contributed by atoms with van der Waals surface area (Å²) in [5, 5.41) is 0. The Hall–Kier alpha value is 0.800. The van der Waals surface area contributed by atoms with Gasteiger partial charge in [0.25, 0.3) is 0 Å². The summed E-state index contributed by atoms with van der Waals surface area (Å²) in [4.78, 5) is 5.12. The molecule has 0 saturated carbocycles. The molecule has 0 aromatic carbocycles. The zero-order valence-electron chi connectivity index (χ0n) is 33.2. The molecule has 0 atom stereocenters. The summed E-state index contributed by atoms with van der Waals surface area (Å²) in [5.41, 5.74) is 0. The Morgan fingerprint density at radius 3 is 0.761 bits per heavy atom. The van der Waals surface area contributed by atoms with Crippen LogP contribution in [0, 0.1) is 0 Å². The average Bonchev–Trinajstić information content (AvgIpc) is 2.99. The van der Waals surface area contributed by atoms with E-state index in [4.69, 9.17) is 0 Å². The molecule has 0 aromatic heterocycles. The van der Waals surface area contributed by atoms with Crippen LogP contribution >= 0.6 is 0 Å². The van der Waals surface area contributed by atoms with Crippen molar-refractivity contribution in [3.63, 3.8) is 0 Å². The average molecular weight is 785 g/mol. The Balaban J connectivity index is -0.00000924. The minimum Gasteiger partial charge on any atom is -1.00 e. The lowest BCUT2D eigenvalue weighted by atomic mass is 10.1. The van der Waals surface area contributed by atoms with Crippen molar-refractivity contribution in [2.45, 2.75) is 168 Å². The number of halogens is 2. The molecule has 0 aliphatic carbocycles. The van der Waals surface area contributed by atoms with Crippen LogP contribution in [0.4, 0.5) is 0 Å². The van der Waals surface area contributed by atoms with Crippen LogP contribution < -0.4 is 34.0 Å². The first-order chi connectivity index (χ1) is 21.1. The number of hydrogen-bond acceptors (Lipinski definition) is 2. The van der Waals surface area contributed by atoms with Crippen LogP contribution in [0.3, 0.4) is 0 Å². The molecule has 0 saturated heterocycles. The summed E-state index contributed by atoms with van der Waals surface area (Å²) in [6.45, 7) is 14.6. The summed E-state index contributed by atoms with van der Waals surface area (Å²) in [6, 6.07) is 0. The van der Waals surface area contributed by atoms with E-state index in [9.17, 15) is 0 Å². The van der Waals surface area contributed by atoms with Gasteiger partial charge in [0.2, 0.25) is 0 Å². The Morgan fingerprint density at radius 2 is 0.522 bits per heavy atom. The normalized spacial score (nSPS) is 12.1. The van der Waals surface area contributed by atoms with E-state index >= 15 is 0 Å². The SMILES string of the molecule is CCCCCCCCCCCCCC[N+](C)(C)CCN(C)CCN(C)CC[N+](C)(C)CCCCCCCCCCCCCC.[Br-].[Br-]. The largest absolute Gasteiger partial charge is 1.00 e. The molecule has 0 fully saturated rings. The van der Waals surface area contributed by atoms with Crippen molar-refractivity contribution < 1.29 is 42.9 Å². The van der Waals surface area contributed by atoms with Crippen molar-refractivity contribution in [2.24, 2.45) is 0 Å². The van der Waals surface area contributed by atoms with Crippen molar-refractivity contribution >= 4 is 0 Å². The molecule has 0 aliphatic rings. The van der Waals surface area contributed by atoms with E-state index < -0.39 is 0 Å². The third-order valence-electron chi connectivity index (χ3n) is 10.3. The standard InChI is InChI=1S/C40H88N4.2BrH/c1-9-11-13-15-17-19-21-23-25-27-29-31-37-43(5,6)39-35-41(3)33-34-42(4)36-40-44(7,8)38-32-30-28-26-24-22-20-18-16-14-12-10-2;;/h9-40H2,1-8H3;2*1H/q+2;;/p-2. The molecule has 4 nitrogen and oxygen atoms in total. The van der Waals surface area contributed by atoms with Gasteiger partial charge in [0, 0.05) is 26.2 Å².